The van der Waals surface area contributed by atoms with E-state index in [0.29, 0.717) is 0 Å². The van der Waals surface area contributed by atoms with Gasteiger partial charge in [-0.05, 0) is 12.3 Å². The van der Waals surface area contributed by atoms with Gasteiger partial charge in [0.2, 0.25) is 0 Å². The molecule has 1 atom stereocenters. The first kappa shape index (κ1) is 10.9. The third kappa shape index (κ3) is 3.37. The summed E-state index contributed by atoms with van der Waals surface area (Å²) in [6.45, 7) is 6.82. The third-order valence-corrected chi connectivity index (χ3v) is 1.54. The fraction of sp³-hybridized carbons (Fsp3) is 0.750. The van der Waals surface area contributed by atoms with Crippen molar-refractivity contribution in [1.29, 1.82) is 0 Å². The SMILES string of the molecule is CC(=O)[C@@H](NC(=O)O)C(C)(C)C. The molecule has 0 fully saturated rings. The van der Waals surface area contributed by atoms with Crippen LogP contribution >= 0.6 is 0 Å². The number of amides is 1. The Morgan fingerprint density at radius 2 is 1.75 bits per heavy atom. The average Bonchev–Trinajstić information content (AvgIpc) is 1.79. The van der Waals surface area contributed by atoms with Crippen LogP contribution in [0.5, 0.6) is 0 Å². The molecule has 0 unspecified atom stereocenters. The molecule has 0 aliphatic carbocycles. The van der Waals surface area contributed by atoms with Crippen molar-refractivity contribution < 1.29 is 14.7 Å². The zero-order valence-corrected chi connectivity index (χ0v) is 7.84. The molecule has 0 aliphatic heterocycles. The molecule has 0 bridgehead atoms. The lowest BCUT2D eigenvalue weighted by Crippen LogP contribution is -2.47. The van der Waals surface area contributed by atoms with Crippen LogP contribution in [0.4, 0.5) is 4.79 Å². The highest BCUT2D eigenvalue weighted by Gasteiger charge is 2.29. The van der Waals surface area contributed by atoms with Gasteiger partial charge in [-0.2, -0.15) is 0 Å². The molecular weight excluding hydrogens is 158 g/mol. The summed E-state index contributed by atoms with van der Waals surface area (Å²) in [6, 6.07) is -0.630. The van der Waals surface area contributed by atoms with Crippen molar-refractivity contribution in [1.82, 2.24) is 5.32 Å². The van der Waals surface area contributed by atoms with Gasteiger partial charge >= 0.3 is 6.09 Å². The van der Waals surface area contributed by atoms with Gasteiger partial charge in [0.15, 0.2) is 5.78 Å². The second-order valence-corrected chi connectivity index (χ2v) is 3.86. The summed E-state index contributed by atoms with van der Waals surface area (Å²) in [5.74, 6) is -0.162. The minimum Gasteiger partial charge on any atom is -0.465 e. The Hall–Kier alpha value is -1.06. The Bertz CT molecular complexity index is 193. The summed E-state index contributed by atoms with van der Waals surface area (Å²) in [5.41, 5.74) is -0.371. The number of nitrogens with one attached hydrogen (secondary N) is 1. The highest BCUT2D eigenvalue weighted by Crippen LogP contribution is 2.19. The van der Waals surface area contributed by atoms with Gasteiger partial charge in [-0.15, -0.1) is 0 Å². The van der Waals surface area contributed by atoms with Crippen molar-refractivity contribution in [3.05, 3.63) is 0 Å². The molecule has 0 aromatic heterocycles. The van der Waals surface area contributed by atoms with Gasteiger partial charge in [0.05, 0.1) is 6.04 Å². The van der Waals surface area contributed by atoms with Crippen LogP contribution in [0.15, 0.2) is 0 Å². The van der Waals surface area contributed by atoms with Crippen LogP contribution in [-0.4, -0.2) is 23.0 Å². The molecule has 4 heteroatoms. The molecule has 0 heterocycles. The standard InChI is InChI=1S/C8H15NO3/c1-5(10)6(8(2,3)4)9-7(11)12/h6,9H,1-4H3,(H,11,12)/t6-/m1/s1. The van der Waals surface area contributed by atoms with Crippen LogP contribution in [0.3, 0.4) is 0 Å². The van der Waals surface area contributed by atoms with E-state index in [1.807, 2.05) is 20.8 Å². The topological polar surface area (TPSA) is 66.4 Å². The van der Waals surface area contributed by atoms with Gasteiger partial charge in [-0.25, -0.2) is 4.79 Å². The molecule has 4 nitrogen and oxygen atoms in total. The zero-order chi connectivity index (χ0) is 9.94. The van der Waals surface area contributed by atoms with Gasteiger partial charge in [-0.3, -0.25) is 4.79 Å². The summed E-state index contributed by atoms with van der Waals surface area (Å²) in [4.78, 5) is 21.3. The van der Waals surface area contributed by atoms with Gasteiger partial charge in [0, 0.05) is 0 Å². The van der Waals surface area contributed by atoms with Gasteiger partial charge in [0.25, 0.3) is 0 Å². The number of carbonyl (C=O) groups excluding carboxylic acids is 1. The largest absolute Gasteiger partial charge is 0.465 e. The third-order valence-electron chi connectivity index (χ3n) is 1.54. The van der Waals surface area contributed by atoms with E-state index in [1.165, 1.54) is 6.92 Å². The predicted octanol–water partition coefficient (Wildman–Crippen LogP) is 1.26. The lowest BCUT2D eigenvalue weighted by molar-refractivity contribution is -0.121. The van der Waals surface area contributed by atoms with Crippen molar-refractivity contribution in [3.8, 4) is 0 Å². The van der Waals surface area contributed by atoms with E-state index in [9.17, 15) is 9.59 Å². The van der Waals surface area contributed by atoms with Crippen LogP contribution in [-0.2, 0) is 4.79 Å². The first-order chi connectivity index (χ1) is 5.25. The number of carbonyl (C=O) groups is 2. The quantitative estimate of drug-likeness (QED) is 0.660. The number of Topliss-reactive ketones (excluding diaryl/α,β-unsaturated/α-hetero) is 1. The molecule has 0 radical (unpaired) electrons. The molecule has 1 amide bonds. The van der Waals surface area contributed by atoms with Gasteiger partial charge < -0.3 is 10.4 Å². The number of carboxylic acid groups (broad SMARTS) is 1. The van der Waals surface area contributed by atoms with Gasteiger partial charge in [0.1, 0.15) is 0 Å². The molecular formula is C8H15NO3. The highest BCUT2D eigenvalue weighted by molar-refractivity contribution is 5.85. The summed E-state index contributed by atoms with van der Waals surface area (Å²) in [6.07, 6.45) is -1.16. The van der Waals surface area contributed by atoms with Crippen LogP contribution in [0, 0.1) is 5.41 Å². The van der Waals surface area contributed by atoms with E-state index >= 15 is 0 Å². The molecule has 0 spiro atoms. The summed E-state index contributed by atoms with van der Waals surface area (Å²) in [7, 11) is 0. The summed E-state index contributed by atoms with van der Waals surface area (Å²) >= 11 is 0. The average molecular weight is 173 g/mol. The van der Waals surface area contributed by atoms with Crippen LogP contribution < -0.4 is 5.32 Å². The fourth-order valence-corrected chi connectivity index (χ4v) is 1.05. The molecule has 0 saturated carbocycles. The maximum atomic E-state index is 11.0. The predicted molar refractivity (Wildman–Crippen MR) is 45.1 cm³/mol. The van der Waals surface area contributed by atoms with Crippen molar-refractivity contribution in [2.45, 2.75) is 33.7 Å². The Kier molecular flexibility index (Phi) is 3.24. The highest BCUT2D eigenvalue weighted by atomic mass is 16.4. The molecule has 0 aromatic carbocycles. The Morgan fingerprint density at radius 1 is 1.33 bits per heavy atom. The maximum absolute atomic E-state index is 11.0. The number of hydrogen-bond donors (Lipinski definition) is 2. The molecule has 0 aromatic rings. The maximum Gasteiger partial charge on any atom is 0.405 e. The van der Waals surface area contributed by atoms with Crippen molar-refractivity contribution in [2.75, 3.05) is 0 Å². The lowest BCUT2D eigenvalue weighted by Gasteiger charge is -2.27. The number of rotatable bonds is 2. The van der Waals surface area contributed by atoms with Crippen LogP contribution in [0.25, 0.3) is 0 Å². The molecule has 12 heavy (non-hydrogen) atoms. The smallest absolute Gasteiger partial charge is 0.405 e. The van der Waals surface area contributed by atoms with Gasteiger partial charge in [-0.1, -0.05) is 20.8 Å². The number of ketones is 1. The Morgan fingerprint density at radius 3 is 1.83 bits per heavy atom. The van der Waals surface area contributed by atoms with Crippen LogP contribution in [0.1, 0.15) is 27.7 Å². The first-order valence-corrected chi connectivity index (χ1v) is 3.75. The van der Waals surface area contributed by atoms with E-state index in [1.54, 1.807) is 0 Å². The van der Waals surface area contributed by atoms with Crippen LogP contribution in [0.2, 0.25) is 0 Å². The van der Waals surface area contributed by atoms with E-state index in [4.69, 9.17) is 5.11 Å². The second-order valence-electron chi connectivity index (χ2n) is 3.86. The van der Waals surface area contributed by atoms with E-state index in [2.05, 4.69) is 5.32 Å². The van der Waals surface area contributed by atoms with Crippen molar-refractivity contribution in [2.24, 2.45) is 5.41 Å². The van der Waals surface area contributed by atoms with E-state index < -0.39 is 12.1 Å². The minimum atomic E-state index is -1.16. The summed E-state index contributed by atoms with van der Waals surface area (Å²) < 4.78 is 0. The normalized spacial score (nSPS) is 13.7. The second kappa shape index (κ2) is 3.56. The van der Waals surface area contributed by atoms with E-state index in [-0.39, 0.29) is 11.2 Å². The summed E-state index contributed by atoms with van der Waals surface area (Å²) in [5, 5.41) is 10.6. The zero-order valence-electron chi connectivity index (χ0n) is 7.84. The number of hydrogen-bond acceptors (Lipinski definition) is 2. The molecule has 0 rings (SSSR count). The first-order valence-electron chi connectivity index (χ1n) is 3.75. The van der Waals surface area contributed by atoms with Crippen molar-refractivity contribution in [3.63, 3.8) is 0 Å². The Labute approximate surface area is 72.0 Å². The van der Waals surface area contributed by atoms with Crippen molar-refractivity contribution >= 4 is 11.9 Å². The molecule has 0 saturated heterocycles. The Balaban J connectivity index is 4.46. The molecule has 2 N–H and O–H groups in total. The lowest BCUT2D eigenvalue weighted by atomic mass is 9.85. The molecule has 0 aliphatic rings. The monoisotopic (exact) mass is 173 g/mol. The minimum absolute atomic E-state index is 0.162. The van der Waals surface area contributed by atoms with E-state index in [0.717, 1.165) is 0 Å². The fourth-order valence-electron chi connectivity index (χ4n) is 1.05. The molecule has 70 valence electrons.